The average Bonchev–Trinajstić information content (AvgIpc) is 2.62. The summed E-state index contributed by atoms with van der Waals surface area (Å²) in [7, 11) is 0. The summed E-state index contributed by atoms with van der Waals surface area (Å²) in [5.41, 5.74) is 4.29. The van der Waals surface area contributed by atoms with E-state index < -0.39 is 0 Å². The van der Waals surface area contributed by atoms with Crippen LogP contribution in [0.1, 0.15) is 51.2 Å². The van der Waals surface area contributed by atoms with Crippen molar-refractivity contribution in [1.82, 2.24) is 5.32 Å². The van der Waals surface area contributed by atoms with Crippen molar-refractivity contribution in [3.8, 4) is 0 Å². The van der Waals surface area contributed by atoms with Gasteiger partial charge in [-0.15, -0.1) is 0 Å². The molecule has 0 fully saturated rings. The van der Waals surface area contributed by atoms with Crippen molar-refractivity contribution < 1.29 is 9.90 Å². The van der Waals surface area contributed by atoms with Crippen LogP contribution in [-0.2, 0) is 12.8 Å². The molecule has 4 heteroatoms. The molecular weight excluding hydrogens is 312 g/mol. The third kappa shape index (κ3) is 7.57. The van der Waals surface area contributed by atoms with Gasteiger partial charge in [-0.1, -0.05) is 51.1 Å². The number of benzene rings is 1. The van der Waals surface area contributed by atoms with E-state index in [0.29, 0.717) is 6.54 Å². The predicted molar refractivity (Wildman–Crippen MR) is 106 cm³/mol. The lowest BCUT2D eigenvalue weighted by Crippen LogP contribution is -2.30. The van der Waals surface area contributed by atoms with Crippen LogP contribution >= 0.6 is 0 Å². The lowest BCUT2D eigenvalue weighted by Gasteiger charge is -2.15. The molecule has 1 aromatic carbocycles. The molecule has 0 saturated heterocycles. The maximum atomic E-state index is 12.3. The number of aliphatic hydroxyl groups excluding tert-OH is 1. The van der Waals surface area contributed by atoms with Gasteiger partial charge in [0.2, 0.25) is 0 Å². The summed E-state index contributed by atoms with van der Waals surface area (Å²) in [6, 6.07) is 5.75. The predicted octanol–water partition coefficient (Wildman–Crippen LogP) is 4.60. The molecular formula is C21H32N2O2. The first-order valence-corrected chi connectivity index (χ1v) is 9.28. The molecule has 4 nitrogen and oxygen atoms in total. The Hall–Kier alpha value is -2.07. The number of aryl methyl sites for hydroxylation is 1. The molecule has 0 aliphatic rings. The largest absolute Gasteiger partial charge is 0.396 e. The Balaban J connectivity index is 2.73. The number of rotatable bonds is 10. The van der Waals surface area contributed by atoms with E-state index in [9.17, 15) is 4.79 Å². The topological polar surface area (TPSA) is 61.4 Å². The van der Waals surface area contributed by atoms with E-state index in [1.54, 1.807) is 0 Å². The van der Waals surface area contributed by atoms with Gasteiger partial charge < -0.3 is 15.7 Å². The standard InChI is InChI=1S/C21H32N2O2/c1-4-7-11-17(10-5-2)16-22-21(25)23-20-14-8-12-18(13-9-15-24)19(20)6-3/h7-8,10-12,14,24H,4-6,9,13,15-16H2,1-3H3,(H2,22,23,25)/b11-7-,17-10+. The summed E-state index contributed by atoms with van der Waals surface area (Å²) in [5, 5.41) is 14.9. The molecule has 0 unspecified atom stereocenters. The molecule has 25 heavy (non-hydrogen) atoms. The van der Waals surface area contributed by atoms with Crippen LogP contribution in [0, 0.1) is 0 Å². The Morgan fingerprint density at radius 3 is 2.64 bits per heavy atom. The molecule has 0 heterocycles. The Kier molecular flexibility index (Phi) is 10.3. The zero-order chi connectivity index (χ0) is 18.5. The molecule has 0 atom stereocenters. The molecule has 1 aromatic rings. The van der Waals surface area contributed by atoms with Crippen molar-refractivity contribution in [2.75, 3.05) is 18.5 Å². The number of carbonyl (C=O) groups is 1. The highest BCUT2D eigenvalue weighted by Gasteiger charge is 2.09. The van der Waals surface area contributed by atoms with Crippen LogP contribution in [-0.4, -0.2) is 24.3 Å². The molecule has 0 saturated carbocycles. The van der Waals surface area contributed by atoms with Crippen LogP contribution < -0.4 is 10.6 Å². The third-order valence-corrected chi connectivity index (χ3v) is 3.97. The maximum absolute atomic E-state index is 12.3. The molecule has 0 radical (unpaired) electrons. The SMILES string of the molecule is CC/C=C\C(=C/CC)CNC(=O)Nc1cccc(CCCO)c1CC. The van der Waals surface area contributed by atoms with Crippen molar-refractivity contribution in [3.63, 3.8) is 0 Å². The van der Waals surface area contributed by atoms with Gasteiger partial charge in [-0.2, -0.15) is 0 Å². The second-order valence-corrected chi connectivity index (χ2v) is 5.93. The minimum Gasteiger partial charge on any atom is -0.396 e. The van der Waals surface area contributed by atoms with E-state index in [1.807, 2.05) is 12.1 Å². The van der Waals surface area contributed by atoms with E-state index in [2.05, 4.69) is 55.7 Å². The highest BCUT2D eigenvalue weighted by atomic mass is 16.2. The summed E-state index contributed by atoms with van der Waals surface area (Å²) < 4.78 is 0. The quantitative estimate of drug-likeness (QED) is 0.543. The van der Waals surface area contributed by atoms with E-state index in [1.165, 1.54) is 5.56 Å². The summed E-state index contributed by atoms with van der Waals surface area (Å²) in [6.45, 7) is 6.96. The van der Waals surface area contributed by atoms with Crippen molar-refractivity contribution >= 4 is 11.7 Å². The number of hydrogen-bond acceptors (Lipinski definition) is 2. The second-order valence-electron chi connectivity index (χ2n) is 5.93. The second kappa shape index (κ2) is 12.3. The molecule has 2 amide bonds. The van der Waals surface area contributed by atoms with E-state index in [0.717, 1.165) is 48.9 Å². The highest BCUT2D eigenvalue weighted by molar-refractivity contribution is 5.90. The number of allylic oxidation sites excluding steroid dienone is 2. The molecule has 138 valence electrons. The number of carbonyl (C=O) groups excluding carboxylic acids is 1. The molecule has 0 aliphatic carbocycles. The van der Waals surface area contributed by atoms with Crippen molar-refractivity contribution in [2.45, 2.75) is 52.9 Å². The van der Waals surface area contributed by atoms with Gasteiger partial charge >= 0.3 is 6.03 Å². The Morgan fingerprint density at radius 1 is 1.20 bits per heavy atom. The van der Waals surface area contributed by atoms with E-state index in [4.69, 9.17) is 5.11 Å². The van der Waals surface area contributed by atoms with Crippen molar-refractivity contribution in [2.24, 2.45) is 0 Å². The lowest BCUT2D eigenvalue weighted by molar-refractivity contribution is 0.253. The van der Waals surface area contributed by atoms with Gasteiger partial charge in [0.05, 0.1) is 0 Å². The number of urea groups is 1. The van der Waals surface area contributed by atoms with Gasteiger partial charge in [-0.05, 0) is 54.9 Å². The Labute approximate surface area is 152 Å². The highest BCUT2D eigenvalue weighted by Crippen LogP contribution is 2.22. The molecule has 0 bridgehead atoms. The number of hydrogen-bond donors (Lipinski definition) is 3. The molecule has 3 N–H and O–H groups in total. The van der Waals surface area contributed by atoms with Gasteiger partial charge in [0.15, 0.2) is 0 Å². The van der Waals surface area contributed by atoms with Gasteiger partial charge in [0.1, 0.15) is 0 Å². The average molecular weight is 344 g/mol. The summed E-state index contributed by atoms with van der Waals surface area (Å²) in [6.07, 6.45) is 10.6. The molecule has 0 aromatic heterocycles. The maximum Gasteiger partial charge on any atom is 0.319 e. The van der Waals surface area contributed by atoms with Gasteiger partial charge in [0, 0.05) is 18.8 Å². The first kappa shape index (κ1) is 21.0. The number of nitrogens with one attached hydrogen (secondary N) is 2. The number of amides is 2. The molecule has 0 aliphatic heterocycles. The Bertz CT molecular complexity index is 592. The van der Waals surface area contributed by atoms with Crippen molar-refractivity contribution in [1.29, 1.82) is 0 Å². The monoisotopic (exact) mass is 344 g/mol. The Morgan fingerprint density at radius 2 is 2.00 bits per heavy atom. The zero-order valence-corrected chi connectivity index (χ0v) is 15.8. The van der Waals surface area contributed by atoms with Gasteiger partial charge in [-0.3, -0.25) is 0 Å². The summed E-state index contributed by atoms with van der Waals surface area (Å²) >= 11 is 0. The minimum absolute atomic E-state index is 0.180. The van der Waals surface area contributed by atoms with Crippen LogP contribution in [0.3, 0.4) is 0 Å². The van der Waals surface area contributed by atoms with Crippen molar-refractivity contribution in [3.05, 3.63) is 53.1 Å². The zero-order valence-electron chi connectivity index (χ0n) is 15.8. The van der Waals surface area contributed by atoms with Gasteiger partial charge in [-0.25, -0.2) is 4.79 Å². The first-order chi connectivity index (χ1) is 12.2. The molecule has 1 rings (SSSR count). The first-order valence-electron chi connectivity index (χ1n) is 9.28. The fourth-order valence-electron chi connectivity index (χ4n) is 2.75. The summed E-state index contributed by atoms with van der Waals surface area (Å²) in [4.78, 5) is 12.3. The normalized spacial score (nSPS) is 11.8. The van der Waals surface area contributed by atoms with Gasteiger partial charge in [0.25, 0.3) is 0 Å². The fourth-order valence-corrected chi connectivity index (χ4v) is 2.75. The lowest BCUT2D eigenvalue weighted by atomic mass is 9.99. The number of aliphatic hydroxyl groups is 1. The van der Waals surface area contributed by atoms with E-state index >= 15 is 0 Å². The van der Waals surface area contributed by atoms with Crippen LogP contribution in [0.25, 0.3) is 0 Å². The fraction of sp³-hybridized carbons (Fsp3) is 0.476. The van der Waals surface area contributed by atoms with E-state index in [-0.39, 0.29) is 12.6 Å². The molecule has 0 spiro atoms. The van der Waals surface area contributed by atoms with Crippen LogP contribution in [0.4, 0.5) is 10.5 Å². The van der Waals surface area contributed by atoms with Crippen LogP contribution in [0.5, 0.6) is 0 Å². The summed E-state index contributed by atoms with van der Waals surface area (Å²) in [5.74, 6) is 0. The number of anilines is 1. The minimum atomic E-state index is -0.194. The smallest absolute Gasteiger partial charge is 0.319 e. The third-order valence-electron chi connectivity index (χ3n) is 3.97. The van der Waals surface area contributed by atoms with Crippen LogP contribution in [0.2, 0.25) is 0 Å². The van der Waals surface area contributed by atoms with Crippen LogP contribution in [0.15, 0.2) is 42.0 Å².